The van der Waals surface area contributed by atoms with Gasteiger partial charge in [0.15, 0.2) is 0 Å². The molecule has 5 nitrogen and oxygen atoms in total. The van der Waals surface area contributed by atoms with Gasteiger partial charge in [0.1, 0.15) is 18.1 Å². The van der Waals surface area contributed by atoms with Crippen LogP contribution < -0.4 is 14.8 Å². The van der Waals surface area contributed by atoms with Crippen LogP contribution in [-0.2, 0) is 13.2 Å². The van der Waals surface area contributed by atoms with E-state index in [4.69, 9.17) is 9.47 Å². The van der Waals surface area contributed by atoms with Gasteiger partial charge in [0.2, 0.25) is 0 Å². The van der Waals surface area contributed by atoms with Crippen LogP contribution in [0, 0.1) is 0 Å². The number of nitrogens with zero attached hydrogens (tertiary/aromatic N) is 1. The number of nitrogens with one attached hydrogen (secondary N) is 1. The van der Waals surface area contributed by atoms with Gasteiger partial charge in [-0.2, -0.15) is 0 Å². The Labute approximate surface area is 150 Å². The summed E-state index contributed by atoms with van der Waals surface area (Å²) in [5.41, 5.74) is 1.20. The van der Waals surface area contributed by atoms with Crippen molar-refractivity contribution in [3.8, 4) is 11.5 Å². The fraction of sp³-hybridized carbons (Fsp3) is 0.450. The maximum atomic E-state index is 10.4. The van der Waals surface area contributed by atoms with Crippen LogP contribution in [0.2, 0.25) is 0 Å². The van der Waals surface area contributed by atoms with Crippen molar-refractivity contribution in [1.29, 1.82) is 0 Å². The third kappa shape index (κ3) is 5.73. The average molecular weight is 344 g/mol. The van der Waals surface area contributed by atoms with Gasteiger partial charge < -0.3 is 19.9 Å². The van der Waals surface area contributed by atoms with E-state index in [1.54, 1.807) is 13.3 Å². The summed E-state index contributed by atoms with van der Waals surface area (Å²) in [5, 5.41) is 13.7. The fourth-order valence-corrected chi connectivity index (χ4v) is 2.53. The number of aliphatic hydroxyl groups is 1. The van der Waals surface area contributed by atoms with Gasteiger partial charge in [0, 0.05) is 24.8 Å². The van der Waals surface area contributed by atoms with E-state index in [9.17, 15) is 5.11 Å². The molecule has 2 N–H and O–H groups in total. The summed E-state index contributed by atoms with van der Waals surface area (Å²) >= 11 is 0. The number of aromatic nitrogens is 1. The molecule has 0 atom stereocenters. The number of hydrogen-bond acceptors (Lipinski definition) is 5. The SMILES string of the molecule is CCC(O)(CC)CNCc1cc(OC)ccc1OCc1ccccn1. The molecule has 2 rings (SSSR count). The number of ether oxygens (including phenoxy) is 2. The molecule has 0 amide bonds. The van der Waals surface area contributed by atoms with Crippen molar-refractivity contribution in [1.82, 2.24) is 10.3 Å². The lowest BCUT2D eigenvalue weighted by molar-refractivity contribution is 0.0322. The van der Waals surface area contributed by atoms with Crippen molar-refractivity contribution >= 4 is 0 Å². The average Bonchev–Trinajstić information content (AvgIpc) is 2.67. The highest BCUT2D eigenvalue weighted by molar-refractivity contribution is 5.40. The standard InChI is InChI=1S/C20H28N2O3/c1-4-20(23,5-2)15-21-13-16-12-18(24-3)9-10-19(16)25-14-17-8-6-7-11-22-17/h6-12,21,23H,4-5,13-15H2,1-3H3. The van der Waals surface area contributed by atoms with E-state index in [0.29, 0.717) is 19.7 Å². The van der Waals surface area contributed by atoms with Gasteiger partial charge in [0.05, 0.1) is 18.4 Å². The van der Waals surface area contributed by atoms with Gasteiger partial charge in [-0.15, -0.1) is 0 Å². The highest BCUT2D eigenvalue weighted by atomic mass is 16.5. The molecular weight excluding hydrogens is 316 g/mol. The monoisotopic (exact) mass is 344 g/mol. The smallest absolute Gasteiger partial charge is 0.130 e. The molecule has 2 aromatic rings. The summed E-state index contributed by atoms with van der Waals surface area (Å²) in [7, 11) is 1.65. The molecule has 5 heteroatoms. The third-order valence-electron chi connectivity index (χ3n) is 4.46. The largest absolute Gasteiger partial charge is 0.497 e. The molecule has 1 aromatic carbocycles. The minimum atomic E-state index is -0.673. The second-order valence-electron chi connectivity index (χ2n) is 6.12. The zero-order chi connectivity index (χ0) is 18.1. The van der Waals surface area contributed by atoms with Crippen molar-refractivity contribution in [2.24, 2.45) is 0 Å². The molecule has 0 saturated carbocycles. The van der Waals surface area contributed by atoms with Crippen molar-refractivity contribution in [2.75, 3.05) is 13.7 Å². The Morgan fingerprint density at radius 2 is 1.96 bits per heavy atom. The first-order valence-electron chi connectivity index (χ1n) is 8.73. The quantitative estimate of drug-likeness (QED) is 0.692. The molecule has 1 aromatic heterocycles. The van der Waals surface area contributed by atoms with Crippen LogP contribution >= 0.6 is 0 Å². The molecule has 136 valence electrons. The predicted octanol–water partition coefficient (Wildman–Crippen LogP) is 3.31. The molecule has 0 saturated heterocycles. The Hall–Kier alpha value is -2.11. The summed E-state index contributed by atoms with van der Waals surface area (Å²) < 4.78 is 11.3. The van der Waals surface area contributed by atoms with Crippen molar-refractivity contribution < 1.29 is 14.6 Å². The highest BCUT2D eigenvalue weighted by Crippen LogP contribution is 2.25. The Morgan fingerprint density at radius 1 is 1.16 bits per heavy atom. The minimum Gasteiger partial charge on any atom is -0.497 e. The summed E-state index contributed by atoms with van der Waals surface area (Å²) in [4.78, 5) is 4.28. The number of benzene rings is 1. The van der Waals surface area contributed by atoms with Gasteiger partial charge in [0.25, 0.3) is 0 Å². The summed E-state index contributed by atoms with van der Waals surface area (Å²) in [6.07, 6.45) is 3.20. The highest BCUT2D eigenvalue weighted by Gasteiger charge is 2.21. The lowest BCUT2D eigenvalue weighted by Gasteiger charge is -2.25. The van der Waals surface area contributed by atoms with Crippen LogP contribution in [0.3, 0.4) is 0 Å². The van der Waals surface area contributed by atoms with Gasteiger partial charge in [-0.3, -0.25) is 4.98 Å². The third-order valence-corrected chi connectivity index (χ3v) is 4.46. The first-order chi connectivity index (χ1) is 12.1. The first-order valence-corrected chi connectivity index (χ1v) is 8.73. The Morgan fingerprint density at radius 3 is 2.60 bits per heavy atom. The first kappa shape index (κ1) is 19.2. The van der Waals surface area contributed by atoms with Crippen LogP contribution in [0.4, 0.5) is 0 Å². The Bertz CT molecular complexity index is 643. The van der Waals surface area contributed by atoms with E-state index >= 15 is 0 Å². The molecule has 0 spiro atoms. The van der Waals surface area contributed by atoms with Crippen LogP contribution in [0.5, 0.6) is 11.5 Å². The van der Waals surface area contributed by atoms with E-state index in [1.807, 2.05) is 50.2 Å². The molecule has 0 aliphatic heterocycles. The second kappa shape index (κ2) is 9.39. The molecule has 0 radical (unpaired) electrons. The summed E-state index contributed by atoms with van der Waals surface area (Å²) in [5.74, 6) is 1.57. The molecule has 0 fully saturated rings. The van der Waals surface area contributed by atoms with Gasteiger partial charge in [-0.1, -0.05) is 19.9 Å². The number of rotatable bonds is 10. The lowest BCUT2D eigenvalue weighted by Crippen LogP contribution is -2.39. The zero-order valence-electron chi connectivity index (χ0n) is 15.3. The van der Waals surface area contributed by atoms with E-state index in [-0.39, 0.29) is 0 Å². The summed E-state index contributed by atoms with van der Waals surface area (Å²) in [6, 6.07) is 11.5. The maximum absolute atomic E-state index is 10.4. The van der Waals surface area contributed by atoms with E-state index in [2.05, 4.69) is 10.3 Å². The van der Waals surface area contributed by atoms with Crippen molar-refractivity contribution in [3.05, 3.63) is 53.9 Å². The second-order valence-corrected chi connectivity index (χ2v) is 6.12. The van der Waals surface area contributed by atoms with E-state index in [1.165, 1.54) is 0 Å². The van der Waals surface area contributed by atoms with Gasteiger partial charge in [-0.25, -0.2) is 0 Å². The van der Waals surface area contributed by atoms with Gasteiger partial charge in [-0.05, 0) is 43.2 Å². The predicted molar refractivity (Wildman–Crippen MR) is 98.8 cm³/mol. The van der Waals surface area contributed by atoms with Crippen LogP contribution in [0.15, 0.2) is 42.6 Å². The van der Waals surface area contributed by atoms with Crippen LogP contribution in [-0.4, -0.2) is 29.3 Å². The zero-order valence-corrected chi connectivity index (χ0v) is 15.3. The lowest BCUT2D eigenvalue weighted by atomic mass is 9.97. The van der Waals surface area contributed by atoms with E-state index in [0.717, 1.165) is 35.6 Å². The number of pyridine rings is 1. The van der Waals surface area contributed by atoms with Crippen LogP contribution in [0.1, 0.15) is 37.9 Å². The molecule has 25 heavy (non-hydrogen) atoms. The molecular formula is C20H28N2O3. The number of methoxy groups -OCH3 is 1. The Balaban J connectivity index is 2.04. The number of hydrogen-bond donors (Lipinski definition) is 2. The molecule has 0 aliphatic rings. The molecule has 1 heterocycles. The topological polar surface area (TPSA) is 63.6 Å². The maximum Gasteiger partial charge on any atom is 0.130 e. The van der Waals surface area contributed by atoms with E-state index < -0.39 is 5.60 Å². The summed E-state index contributed by atoms with van der Waals surface area (Å²) in [6.45, 7) is 5.54. The van der Waals surface area contributed by atoms with Crippen molar-refractivity contribution in [3.63, 3.8) is 0 Å². The molecule has 0 unspecified atom stereocenters. The molecule has 0 bridgehead atoms. The Kier molecular flexibility index (Phi) is 7.22. The van der Waals surface area contributed by atoms with Crippen LogP contribution in [0.25, 0.3) is 0 Å². The van der Waals surface area contributed by atoms with Crippen molar-refractivity contribution in [2.45, 2.75) is 45.4 Å². The minimum absolute atomic E-state index is 0.411. The fourth-order valence-electron chi connectivity index (χ4n) is 2.53. The normalized spacial score (nSPS) is 11.4. The molecule has 0 aliphatic carbocycles. The van der Waals surface area contributed by atoms with Gasteiger partial charge >= 0.3 is 0 Å².